The standard InChI is InChI=1S/C17H21FN4O3S2/c1-3-24-15(26)19-9-12-10-22(17(23)25-12)11-4-5-14(13(18)8-11)21-7-6-20(2)16(21)27/h4-5,8,12H,3,6-7,9-10H2,1-2H3,(H,19,26). The van der Waals surface area contributed by atoms with E-state index in [0.717, 1.165) is 6.54 Å². The molecule has 1 amide bonds. The summed E-state index contributed by atoms with van der Waals surface area (Å²) in [7, 11) is 1.88. The molecular weight excluding hydrogens is 391 g/mol. The lowest BCUT2D eigenvalue weighted by Gasteiger charge is -2.21. The van der Waals surface area contributed by atoms with Gasteiger partial charge in [0.1, 0.15) is 11.9 Å². The molecule has 3 rings (SSSR count). The van der Waals surface area contributed by atoms with Crippen molar-refractivity contribution in [2.45, 2.75) is 13.0 Å². The first-order chi connectivity index (χ1) is 12.9. The molecule has 2 heterocycles. The second kappa shape index (κ2) is 8.22. The molecule has 2 aliphatic rings. The van der Waals surface area contributed by atoms with Crippen LogP contribution < -0.4 is 15.1 Å². The number of likely N-dealkylation sites (N-methyl/N-ethyl adjacent to an activating group) is 1. The Morgan fingerprint density at radius 3 is 2.81 bits per heavy atom. The quantitative estimate of drug-likeness (QED) is 0.738. The number of nitrogens with one attached hydrogen (secondary N) is 1. The fourth-order valence-electron chi connectivity index (χ4n) is 2.97. The minimum Gasteiger partial charge on any atom is -0.471 e. The van der Waals surface area contributed by atoms with E-state index in [1.807, 2.05) is 18.9 Å². The van der Waals surface area contributed by atoms with Crippen LogP contribution in [0.15, 0.2) is 18.2 Å². The SMILES string of the molecule is CCOC(=S)NCC1CN(c2ccc(N3CCN(C)C3=S)c(F)c2)C(=O)O1. The van der Waals surface area contributed by atoms with Crippen molar-refractivity contribution in [2.24, 2.45) is 0 Å². The van der Waals surface area contributed by atoms with E-state index in [1.54, 1.807) is 17.0 Å². The number of carbonyl (C=O) groups excluding carboxylic acids is 1. The van der Waals surface area contributed by atoms with E-state index in [2.05, 4.69) is 5.32 Å². The Balaban J connectivity index is 1.66. The van der Waals surface area contributed by atoms with E-state index < -0.39 is 18.0 Å². The molecule has 1 aromatic rings. The van der Waals surface area contributed by atoms with Crippen molar-refractivity contribution in [1.82, 2.24) is 10.2 Å². The van der Waals surface area contributed by atoms with Crippen LogP contribution in [0.25, 0.3) is 0 Å². The van der Waals surface area contributed by atoms with Gasteiger partial charge in [-0.15, -0.1) is 0 Å². The molecule has 1 N–H and O–H groups in total. The number of cyclic esters (lactones) is 1. The summed E-state index contributed by atoms with van der Waals surface area (Å²) in [6.07, 6.45) is -0.925. The van der Waals surface area contributed by atoms with Gasteiger partial charge in [-0.2, -0.15) is 0 Å². The summed E-state index contributed by atoms with van der Waals surface area (Å²) >= 11 is 10.3. The first-order valence-electron chi connectivity index (χ1n) is 8.61. The van der Waals surface area contributed by atoms with Gasteiger partial charge in [-0.1, -0.05) is 0 Å². The van der Waals surface area contributed by atoms with Crippen molar-refractivity contribution in [3.8, 4) is 0 Å². The van der Waals surface area contributed by atoms with Crippen molar-refractivity contribution in [1.29, 1.82) is 0 Å². The number of ether oxygens (including phenoxy) is 2. The molecule has 0 radical (unpaired) electrons. The third-order valence-corrected chi connectivity index (χ3v) is 5.17. The molecule has 1 atom stereocenters. The van der Waals surface area contributed by atoms with E-state index in [0.29, 0.717) is 42.7 Å². The van der Waals surface area contributed by atoms with Crippen LogP contribution in [0.5, 0.6) is 0 Å². The van der Waals surface area contributed by atoms with Gasteiger partial charge in [0, 0.05) is 20.1 Å². The smallest absolute Gasteiger partial charge is 0.414 e. The first kappa shape index (κ1) is 19.6. The molecule has 1 aromatic carbocycles. The van der Waals surface area contributed by atoms with Crippen molar-refractivity contribution < 1.29 is 18.7 Å². The molecule has 2 aliphatic heterocycles. The number of nitrogens with zero attached hydrogens (tertiary/aromatic N) is 3. The second-order valence-corrected chi connectivity index (χ2v) is 6.95. The summed E-state index contributed by atoms with van der Waals surface area (Å²) in [5.74, 6) is -0.433. The average molecular weight is 413 g/mol. The summed E-state index contributed by atoms with van der Waals surface area (Å²) in [6.45, 7) is 4.29. The molecule has 0 aliphatic carbocycles. The zero-order valence-electron chi connectivity index (χ0n) is 15.1. The number of anilines is 2. The molecule has 1 unspecified atom stereocenters. The monoisotopic (exact) mass is 412 g/mol. The molecule has 27 heavy (non-hydrogen) atoms. The van der Waals surface area contributed by atoms with Gasteiger partial charge >= 0.3 is 6.09 Å². The molecule has 146 valence electrons. The summed E-state index contributed by atoms with van der Waals surface area (Å²) in [5.41, 5.74) is 0.843. The molecular formula is C17H21FN4O3S2. The van der Waals surface area contributed by atoms with Crippen molar-refractivity contribution in [3.05, 3.63) is 24.0 Å². The zero-order valence-corrected chi connectivity index (χ0v) is 16.7. The number of hydrogen-bond donors (Lipinski definition) is 1. The van der Waals surface area contributed by atoms with Crippen LogP contribution in [0.3, 0.4) is 0 Å². The van der Waals surface area contributed by atoms with E-state index >= 15 is 0 Å². The summed E-state index contributed by atoms with van der Waals surface area (Å²) in [6, 6.07) is 4.67. The van der Waals surface area contributed by atoms with E-state index in [4.69, 9.17) is 33.9 Å². The molecule has 0 aromatic heterocycles. The highest BCUT2D eigenvalue weighted by Gasteiger charge is 2.33. The second-order valence-electron chi connectivity index (χ2n) is 6.21. The van der Waals surface area contributed by atoms with Gasteiger partial charge in [-0.25, -0.2) is 9.18 Å². The zero-order chi connectivity index (χ0) is 19.6. The Labute approximate surface area is 168 Å². The topological polar surface area (TPSA) is 57.3 Å². The molecule has 10 heteroatoms. The normalized spacial score (nSPS) is 19.5. The lowest BCUT2D eigenvalue weighted by atomic mass is 10.2. The number of hydrogen-bond acceptors (Lipinski definition) is 5. The Bertz CT molecular complexity index is 764. The highest BCUT2D eigenvalue weighted by Crippen LogP contribution is 2.29. The van der Waals surface area contributed by atoms with Gasteiger partial charge in [0.15, 0.2) is 5.11 Å². The van der Waals surface area contributed by atoms with Crippen molar-refractivity contribution in [3.63, 3.8) is 0 Å². The lowest BCUT2D eigenvalue weighted by Crippen LogP contribution is -2.34. The van der Waals surface area contributed by atoms with Gasteiger partial charge in [0.25, 0.3) is 5.17 Å². The molecule has 2 saturated heterocycles. The van der Waals surface area contributed by atoms with Gasteiger partial charge in [-0.05, 0) is 49.6 Å². The van der Waals surface area contributed by atoms with Crippen molar-refractivity contribution in [2.75, 3.05) is 49.6 Å². The van der Waals surface area contributed by atoms with Crippen LogP contribution in [0.1, 0.15) is 6.92 Å². The van der Waals surface area contributed by atoms with E-state index in [1.165, 1.54) is 11.0 Å². The Kier molecular flexibility index (Phi) is 5.95. The maximum Gasteiger partial charge on any atom is 0.414 e. The first-order valence-corrected chi connectivity index (χ1v) is 9.43. The number of amides is 1. The number of halogens is 1. The highest BCUT2D eigenvalue weighted by atomic mass is 32.1. The fourth-order valence-corrected chi connectivity index (χ4v) is 3.45. The predicted molar refractivity (Wildman–Crippen MR) is 109 cm³/mol. The van der Waals surface area contributed by atoms with Crippen LogP contribution in [0.4, 0.5) is 20.6 Å². The third kappa shape index (κ3) is 4.22. The van der Waals surface area contributed by atoms with E-state index in [9.17, 15) is 9.18 Å². The largest absolute Gasteiger partial charge is 0.471 e. The summed E-state index contributed by atoms with van der Waals surface area (Å²) < 4.78 is 25.1. The van der Waals surface area contributed by atoms with Crippen LogP contribution in [-0.2, 0) is 9.47 Å². The van der Waals surface area contributed by atoms with Gasteiger partial charge in [0.2, 0.25) is 0 Å². The third-order valence-electron chi connectivity index (χ3n) is 4.37. The van der Waals surface area contributed by atoms with E-state index in [-0.39, 0.29) is 5.17 Å². The predicted octanol–water partition coefficient (Wildman–Crippen LogP) is 2.10. The maximum absolute atomic E-state index is 14.7. The molecule has 0 saturated carbocycles. The van der Waals surface area contributed by atoms with Crippen molar-refractivity contribution >= 4 is 52.2 Å². The van der Waals surface area contributed by atoms with Gasteiger partial charge < -0.3 is 24.6 Å². The number of carbonyl (C=O) groups is 1. The van der Waals surface area contributed by atoms with Gasteiger partial charge in [-0.3, -0.25) is 4.90 Å². The molecule has 2 fully saturated rings. The maximum atomic E-state index is 14.7. The van der Waals surface area contributed by atoms with Crippen LogP contribution in [-0.4, -0.2) is 67.2 Å². The molecule has 0 spiro atoms. The number of thiocarbonyl (C=S) groups is 2. The number of benzene rings is 1. The van der Waals surface area contributed by atoms with Crippen LogP contribution in [0, 0.1) is 5.82 Å². The summed E-state index contributed by atoms with van der Waals surface area (Å²) in [5, 5.41) is 3.73. The van der Waals surface area contributed by atoms with Gasteiger partial charge in [0.05, 0.1) is 31.1 Å². The van der Waals surface area contributed by atoms with Crippen LogP contribution in [0.2, 0.25) is 0 Å². The fraction of sp³-hybridized carbons (Fsp3) is 0.471. The molecule has 0 bridgehead atoms. The Morgan fingerprint density at radius 1 is 1.41 bits per heavy atom. The number of rotatable bonds is 5. The average Bonchev–Trinajstić information content (AvgIpc) is 3.16. The minimum absolute atomic E-state index is 0.258. The highest BCUT2D eigenvalue weighted by molar-refractivity contribution is 7.80. The molecule has 7 nitrogen and oxygen atoms in total. The minimum atomic E-state index is -0.521. The van der Waals surface area contributed by atoms with Crippen LogP contribution >= 0.6 is 24.4 Å². The summed E-state index contributed by atoms with van der Waals surface area (Å²) in [4.78, 5) is 17.2. The Morgan fingerprint density at radius 2 is 2.19 bits per heavy atom. The lowest BCUT2D eigenvalue weighted by molar-refractivity contribution is 0.141. The Hall–Kier alpha value is -2.20.